The zero-order valence-corrected chi connectivity index (χ0v) is 8.64. The maximum absolute atomic E-state index is 2.20. The molecule has 2 rings (SSSR count). The summed E-state index contributed by atoms with van der Waals surface area (Å²) in [4.78, 5) is 1.38. The molecule has 0 radical (unpaired) electrons. The third-order valence-corrected chi connectivity index (χ3v) is 3.22. The van der Waals surface area contributed by atoms with Crippen molar-refractivity contribution in [3.8, 4) is 5.69 Å². The van der Waals surface area contributed by atoms with Gasteiger partial charge in [0.15, 0.2) is 6.20 Å². The summed E-state index contributed by atoms with van der Waals surface area (Å²) in [6.07, 6.45) is 2.18. The van der Waals surface area contributed by atoms with E-state index in [4.69, 9.17) is 0 Å². The molecule has 0 unspecified atom stereocenters. The summed E-state index contributed by atoms with van der Waals surface area (Å²) < 4.78 is 2.20. The summed E-state index contributed by atoms with van der Waals surface area (Å²) in [6, 6.07) is 10.4. The van der Waals surface area contributed by atoms with Crippen LogP contribution in [0.25, 0.3) is 5.69 Å². The molecule has 0 atom stereocenters. The second kappa shape index (κ2) is 3.30. The molecule has 0 fully saturated rings. The molecule has 0 spiro atoms. The van der Waals surface area contributed by atoms with Gasteiger partial charge in [-0.15, -0.1) is 3.96 Å². The molecule has 0 saturated carbocycles. The minimum Gasteiger partial charge on any atom is -0.102 e. The molecular weight excluding hydrogens is 178 g/mol. The first-order valence-electron chi connectivity index (χ1n) is 4.32. The molecular formula is C11H12NS+. The Morgan fingerprint density at radius 2 is 1.77 bits per heavy atom. The minimum absolute atomic E-state index is 1.24. The van der Waals surface area contributed by atoms with Crippen molar-refractivity contribution >= 4 is 11.5 Å². The summed E-state index contributed by atoms with van der Waals surface area (Å²) in [5.41, 5.74) is 2.59. The highest BCUT2D eigenvalue weighted by Crippen LogP contribution is 2.11. The standard InChI is InChI=1S/C11H12NS/c1-9-8-12(13-10(9)2)11-6-4-3-5-7-11/h3-8H,1-2H3/q+1. The fraction of sp³-hybridized carbons (Fsp3) is 0.182. The lowest BCUT2D eigenvalue weighted by molar-refractivity contribution is -0.520. The number of nitrogens with zero attached hydrogens (tertiary/aromatic N) is 1. The van der Waals surface area contributed by atoms with Gasteiger partial charge in [0, 0.05) is 17.7 Å². The first-order chi connectivity index (χ1) is 6.27. The van der Waals surface area contributed by atoms with E-state index < -0.39 is 0 Å². The number of benzene rings is 1. The SMILES string of the molecule is Cc1c[n+](-c2ccccc2)sc1C. The molecule has 1 heterocycles. The van der Waals surface area contributed by atoms with E-state index in [9.17, 15) is 0 Å². The van der Waals surface area contributed by atoms with Crippen LogP contribution in [0, 0.1) is 13.8 Å². The van der Waals surface area contributed by atoms with E-state index in [1.807, 2.05) is 6.07 Å². The maximum Gasteiger partial charge on any atom is 0.224 e. The molecule has 0 amide bonds. The second-order valence-corrected chi connectivity index (χ2v) is 4.31. The average Bonchev–Trinajstić information content (AvgIpc) is 2.49. The highest BCUT2D eigenvalue weighted by atomic mass is 32.1. The van der Waals surface area contributed by atoms with E-state index in [1.165, 1.54) is 16.1 Å². The van der Waals surface area contributed by atoms with Crippen LogP contribution in [-0.2, 0) is 0 Å². The zero-order valence-electron chi connectivity index (χ0n) is 7.82. The van der Waals surface area contributed by atoms with Crippen molar-refractivity contribution < 1.29 is 3.96 Å². The fourth-order valence-corrected chi connectivity index (χ4v) is 2.14. The molecule has 0 aliphatic rings. The Morgan fingerprint density at radius 1 is 1.08 bits per heavy atom. The topological polar surface area (TPSA) is 3.88 Å². The van der Waals surface area contributed by atoms with Crippen LogP contribution in [0.15, 0.2) is 36.5 Å². The van der Waals surface area contributed by atoms with Crippen molar-refractivity contribution in [2.24, 2.45) is 0 Å². The quantitative estimate of drug-likeness (QED) is 0.609. The molecule has 0 aliphatic heterocycles. The lowest BCUT2D eigenvalue weighted by Crippen LogP contribution is -2.23. The molecule has 0 N–H and O–H groups in total. The normalized spacial score (nSPS) is 10.3. The number of rotatable bonds is 1. The molecule has 13 heavy (non-hydrogen) atoms. The lowest BCUT2D eigenvalue weighted by atomic mass is 10.3. The Morgan fingerprint density at radius 3 is 2.31 bits per heavy atom. The van der Waals surface area contributed by atoms with Crippen LogP contribution in [0.2, 0.25) is 0 Å². The molecule has 1 aromatic heterocycles. The largest absolute Gasteiger partial charge is 0.224 e. The van der Waals surface area contributed by atoms with Crippen molar-refractivity contribution in [3.05, 3.63) is 47.0 Å². The van der Waals surface area contributed by atoms with Crippen molar-refractivity contribution in [2.75, 3.05) is 0 Å². The maximum atomic E-state index is 2.20. The lowest BCUT2D eigenvalue weighted by Gasteiger charge is -1.86. The molecule has 2 heteroatoms. The van der Waals surface area contributed by atoms with Gasteiger partial charge in [-0.1, -0.05) is 18.2 Å². The van der Waals surface area contributed by atoms with Crippen LogP contribution in [0.5, 0.6) is 0 Å². The predicted molar refractivity (Wildman–Crippen MR) is 55.3 cm³/mol. The monoisotopic (exact) mass is 190 g/mol. The Balaban J connectivity index is 2.48. The first kappa shape index (κ1) is 8.45. The van der Waals surface area contributed by atoms with Crippen molar-refractivity contribution in [3.63, 3.8) is 0 Å². The number of aromatic nitrogens is 1. The Bertz CT molecular complexity index is 384. The van der Waals surface area contributed by atoms with E-state index in [2.05, 4.69) is 48.3 Å². The Labute approximate surface area is 82.4 Å². The van der Waals surface area contributed by atoms with Crippen LogP contribution in [-0.4, -0.2) is 0 Å². The van der Waals surface area contributed by atoms with E-state index in [-0.39, 0.29) is 0 Å². The van der Waals surface area contributed by atoms with Gasteiger partial charge in [0.25, 0.3) is 0 Å². The molecule has 1 aromatic carbocycles. The van der Waals surface area contributed by atoms with E-state index in [0.29, 0.717) is 0 Å². The third kappa shape index (κ3) is 1.63. The molecule has 0 saturated heterocycles. The van der Waals surface area contributed by atoms with Crippen LogP contribution in [0.1, 0.15) is 10.4 Å². The summed E-state index contributed by atoms with van der Waals surface area (Å²) in [7, 11) is 0. The van der Waals surface area contributed by atoms with Crippen LogP contribution < -0.4 is 3.96 Å². The van der Waals surface area contributed by atoms with Gasteiger partial charge >= 0.3 is 0 Å². The Hall–Kier alpha value is -1.15. The van der Waals surface area contributed by atoms with Gasteiger partial charge in [0.1, 0.15) is 11.5 Å². The number of hydrogen-bond donors (Lipinski definition) is 0. The van der Waals surface area contributed by atoms with Gasteiger partial charge in [0.2, 0.25) is 5.69 Å². The van der Waals surface area contributed by atoms with Gasteiger partial charge in [-0.3, -0.25) is 0 Å². The molecule has 1 nitrogen and oxygen atoms in total. The van der Waals surface area contributed by atoms with Crippen molar-refractivity contribution in [1.82, 2.24) is 0 Å². The highest BCUT2D eigenvalue weighted by molar-refractivity contribution is 7.02. The smallest absolute Gasteiger partial charge is 0.102 e. The summed E-state index contributed by atoms with van der Waals surface area (Å²) in [5, 5.41) is 0. The van der Waals surface area contributed by atoms with Crippen LogP contribution >= 0.6 is 11.5 Å². The van der Waals surface area contributed by atoms with E-state index >= 15 is 0 Å². The molecule has 66 valence electrons. The minimum atomic E-state index is 1.24. The molecule has 0 bridgehead atoms. The highest BCUT2D eigenvalue weighted by Gasteiger charge is 2.11. The first-order valence-corrected chi connectivity index (χ1v) is 5.09. The van der Waals surface area contributed by atoms with E-state index in [1.54, 1.807) is 11.5 Å². The number of aryl methyl sites for hydroxylation is 2. The molecule has 2 aromatic rings. The van der Waals surface area contributed by atoms with E-state index in [0.717, 1.165) is 0 Å². The number of para-hydroxylation sites is 1. The number of hydrogen-bond acceptors (Lipinski definition) is 1. The van der Waals surface area contributed by atoms with Gasteiger partial charge in [-0.2, -0.15) is 0 Å². The fourth-order valence-electron chi connectivity index (χ4n) is 1.21. The predicted octanol–water partition coefficient (Wildman–Crippen LogP) is 2.64. The van der Waals surface area contributed by atoms with Crippen molar-refractivity contribution in [1.29, 1.82) is 0 Å². The summed E-state index contributed by atoms with van der Waals surface area (Å²) in [6.45, 7) is 4.30. The van der Waals surface area contributed by atoms with Gasteiger partial charge in [-0.05, 0) is 13.8 Å². The van der Waals surface area contributed by atoms with Gasteiger partial charge in [0.05, 0.1) is 4.88 Å². The van der Waals surface area contributed by atoms with Gasteiger partial charge in [-0.25, -0.2) is 0 Å². The third-order valence-electron chi connectivity index (χ3n) is 2.11. The Kier molecular flexibility index (Phi) is 2.15. The van der Waals surface area contributed by atoms with Crippen molar-refractivity contribution in [2.45, 2.75) is 13.8 Å². The van der Waals surface area contributed by atoms with Crippen LogP contribution in [0.3, 0.4) is 0 Å². The van der Waals surface area contributed by atoms with Gasteiger partial charge < -0.3 is 0 Å². The zero-order chi connectivity index (χ0) is 9.26. The molecule has 0 aliphatic carbocycles. The van der Waals surface area contributed by atoms with Crippen LogP contribution in [0.4, 0.5) is 0 Å². The average molecular weight is 190 g/mol. The second-order valence-electron chi connectivity index (χ2n) is 3.12. The summed E-state index contributed by atoms with van der Waals surface area (Å²) >= 11 is 1.78. The summed E-state index contributed by atoms with van der Waals surface area (Å²) in [5.74, 6) is 0.